The van der Waals surface area contributed by atoms with Gasteiger partial charge in [-0.15, -0.1) is 0 Å². The van der Waals surface area contributed by atoms with Gasteiger partial charge in [0.1, 0.15) is 0 Å². The summed E-state index contributed by atoms with van der Waals surface area (Å²) in [5.74, 6) is -0.863. The summed E-state index contributed by atoms with van der Waals surface area (Å²) in [5, 5.41) is 16.2. The van der Waals surface area contributed by atoms with Crippen molar-refractivity contribution in [3.63, 3.8) is 0 Å². The quantitative estimate of drug-likeness (QED) is 0.863. The number of hydrogen-bond donors (Lipinski definition) is 2. The molecule has 7 nitrogen and oxygen atoms in total. The first kappa shape index (κ1) is 18.2. The summed E-state index contributed by atoms with van der Waals surface area (Å²) in [6.07, 6.45) is 0.898. The summed E-state index contributed by atoms with van der Waals surface area (Å²) in [6.45, 7) is 6.82. The number of carbonyl (C=O) groups excluding carboxylic acids is 1. The van der Waals surface area contributed by atoms with Gasteiger partial charge in [0.15, 0.2) is 6.10 Å². The van der Waals surface area contributed by atoms with Gasteiger partial charge in [0, 0.05) is 19.5 Å². The fourth-order valence-corrected chi connectivity index (χ4v) is 3.25. The predicted octanol–water partition coefficient (Wildman–Crippen LogP) is 2.30. The molecule has 2 aliphatic rings. The number of hydrogen-bond acceptors (Lipinski definition) is 4. The molecule has 0 aromatic heterocycles. The highest BCUT2D eigenvalue weighted by Crippen LogP contribution is 2.30. The lowest BCUT2D eigenvalue weighted by Crippen LogP contribution is -2.43. The van der Waals surface area contributed by atoms with Crippen molar-refractivity contribution in [2.75, 3.05) is 19.6 Å². The lowest BCUT2D eigenvalue weighted by Gasteiger charge is -2.21. The van der Waals surface area contributed by atoms with Crippen LogP contribution >= 0.6 is 0 Å². The summed E-state index contributed by atoms with van der Waals surface area (Å²) in [6, 6.07) is 5.94. The van der Waals surface area contributed by atoms with Crippen LogP contribution in [0, 0.1) is 19.3 Å². The summed E-state index contributed by atoms with van der Waals surface area (Å²) in [7, 11) is 0. The van der Waals surface area contributed by atoms with E-state index in [0.29, 0.717) is 25.9 Å². The molecule has 1 aromatic carbocycles. The van der Waals surface area contributed by atoms with Crippen LogP contribution in [0.5, 0.6) is 0 Å². The molecule has 1 fully saturated rings. The van der Waals surface area contributed by atoms with Gasteiger partial charge in [-0.2, -0.15) is 0 Å². The van der Waals surface area contributed by atoms with Gasteiger partial charge in [0.2, 0.25) is 0 Å². The van der Waals surface area contributed by atoms with Gasteiger partial charge >= 0.3 is 12.0 Å². The minimum absolute atomic E-state index is 0.205. The molecular formula is C19H25N3O4. The number of carbonyl (C=O) groups is 2. The molecule has 0 saturated carbocycles. The topological polar surface area (TPSA) is 91.2 Å². The van der Waals surface area contributed by atoms with Crippen LogP contribution in [-0.4, -0.2) is 53.5 Å². The maximum absolute atomic E-state index is 12.3. The van der Waals surface area contributed by atoms with Crippen LogP contribution in [0.3, 0.4) is 0 Å². The fraction of sp³-hybridized carbons (Fsp3) is 0.526. The van der Waals surface area contributed by atoms with Crippen molar-refractivity contribution in [2.24, 2.45) is 10.6 Å². The third-order valence-electron chi connectivity index (χ3n) is 5.33. The van der Waals surface area contributed by atoms with E-state index in [9.17, 15) is 14.7 Å². The number of likely N-dealkylation sites (tertiary alicyclic amines) is 1. The maximum atomic E-state index is 12.3. The van der Waals surface area contributed by atoms with Crippen molar-refractivity contribution in [1.82, 2.24) is 10.2 Å². The van der Waals surface area contributed by atoms with Crippen LogP contribution in [0.25, 0.3) is 0 Å². The monoisotopic (exact) mass is 359 g/mol. The Morgan fingerprint density at radius 2 is 2.15 bits per heavy atom. The molecule has 2 atom stereocenters. The third kappa shape index (κ3) is 3.66. The van der Waals surface area contributed by atoms with Crippen LogP contribution in [0.1, 0.15) is 36.5 Å². The van der Waals surface area contributed by atoms with E-state index in [1.54, 1.807) is 11.8 Å². The summed E-state index contributed by atoms with van der Waals surface area (Å²) in [5.41, 5.74) is 3.50. The molecule has 2 aliphatic heterocycles. The standard InChI is InChI=1S/C19H25N3O4/c1-12-4-5-14(8-13(12)2)16-9-15(26-21-16)10-20-18(25)22-7-6-19(3,11-22)17(23)24/h4-5,8,15H,6-7,9-11H2,1-3H3,(H,20,25)(H,23,24). The van der Waals surface area contributed by atoms with E-state index in [1.807, 2.05) is 6.07 Å². The predicted molar refractivity (Wildman–Crippen MR) is 97.3 cm³/mol. The number of nitrogens with zero attached hydrogens (tertiary/aromatic N) is 2. The smallest absolute Gasteiger partial charge is 0.317 e. The Balaban J connectivity index is 1.49. The highest BCUT2D eigenvalue weighted by Gasteiger charge is 2.42. The van der Waals surface area contributed by atoms with Gasteiger partial charge in [-0.25, -0.2) is 4.79 Å². The third-order valence-corrected chi connectivity index (χ3v) is 5.33. The molecular weight excluding hydrogens is 334 g/mol. The molecule has 26 heavy (non-hydrogen) atoms. The van der Waals surface area contributed by atoms with Gasteiger partial charge < -0.3 is 20.2 Å². The number of aliphatic carboxylic acids is 1. The van der Waals surface area contributed by atoms with E-state index in [1.165, 1.54) is 11.1 Å². The average molecular weight is 359 g/mol. The van der Waals surface area contributed by atoms with E-state index in [0.717, 1.165) is 11.3 Å². The zero-order chi connectivity index (χ0) is 18.9. The summed E-state index contributed by atoms with van der Waals surface area (Å²) < 4.78 is 0. The molecule has 2 heterocycles. The molecule has 3 rings (SSSR count). The number of benzene rings is 1. The van der Waals surface area contributed by atoms with E-state index in [-0.39, 0.29) is 18.7 Å². The lowest BCUT2D eigenvalue weighted by molar-refractivity contribution is -0.147. The number of oxime groups is 1. The van der Waals surface area contributed by atoms with Gasteiger partial charge in [-0.1, -0.05) is 17.3 Å². The summed E-state index contributed by atoms with van der Waals surface area (Å²) >= 11 is 0. The lowest BCUT2D eigenvalue weighted by atomic mass is 9.90. The molecule has 2 amide bonds. The maximum Gasteiger partial charge on any atom is 0.317 e. The van der Waals surface area contributed by atoms with E-state index in [2.05, 4.69) is 36.5 Å². The first-order valence-corrected chi connectivity index (χ1v) is 8.85. The minimum atomic E-state index is -0.863. The van der Waals surface area contributed by atoms with Crippen molar-refractivity contribution in [3.05, 3.63) is 34.9 Å². The molecule has 140 valence electrons. The van der Waals surface area contributed by atoms with Crippen LogP contribution in [0.2, 0.25) is 0 Å². The average Bonchev–Trinajstić information content (AvgIpc) is 3.23. The first-order chi connectivity index (χ1) is 12.3. The van der Waals surface area contributed by atoms with Crippen LogP contribution in [0.15, 0.2) is 23.4 Å². The number of rotatable bonds is 4. The van der Waals surface area contributed by atoms with E-state index < -0.39 is 11.4 Å². The van der Waals surface area contributed by atoms with Crippen molar-refractivity contribution in [1.29, 1.82) is 0 Å². The zero-order valence-corrected chi connectivity index (χ0v) is 15.4. The van der Waals surface area contributed by atoms with Gasteiger partial charge in [0.25, 0.3) is 0 Å². The number of aryl methyl sites for hydroxylation is 2. The molecule has 0 aliphatic carbocycles. The number of carboxylic acid groups (broad SMARTS) is 1. The largest absolute Gasteiger partial charge is 0.481 e. The van der Waals surface area contributed by atoms with Gasteiger partial charge in [0.05, 0.1) is 17.7 Å². The minimum Gasteiger partial charge on any atom is -0.481 e. The molecule has 0 bridgehead atoms. The normalized spacial score (nSPS) is 25.0. The van der Waals surface area contributed by atoms with Crippen molar-refractivity contribution in [2.45, 2.75) is 39.7 Å². The Hall–Kier alpha value is -2.57. The summed E-state index contributed by atoms with van der Waals surface area (Å²) in [4.78, 5) is 30.5. The van der Waals surface area contributed by atoms with Gasteiger partial charge in [-0.05, 0) is 49.9 Å². The Morgan fingerprint density at radius 3 is 2.81 bits per heavy atom. The molecule has 1 saturated heterocycles. The Bertz CT molecular complexity index is 761. The second kappa shape index (κ2) is 6.97. The van der Waals surface area contributed by atoms with Crippen molar-refractivity contribution < 1.29 is 19.5 Å². The van der Waals surface area contributed by atoms with Crippen molar-refractivity contribution >= 4 is 17.7 Å². The Kier molecular flexibility index (Phi) is 4.89. The number of urea groups is 1. The van der Waals surface area contributed by atoms with Crippen molar-refractivity contribution in [3.8, 4) is 0 Å². The van der Waals surface area contributed by atoms with Crippen LogP contribution in [0.4, 0.5) is 4.79 Å². The van der Waals surface area contributed by atoms with Crippen LogP contribution in [-0.2, 0) is 9.63 Å². The second-order valence-corrected chi connectivity index (χ2v) is 7.49. The zero-order valence-electron chi connectivity index (χ0n) is 15.4. The number of nitrogens with one attached hydrogen (secondary N) is 1. The highest BCUT2D eigenvalue weighted by atomic mass is 16.6. The molecule has 7 heteroatoms. The molecule has 0 radical (unpaired) electrons. The highest BCUT2D eigenvalue weighted by molar-refractivity contribution is 6.01. The van der Waals surface area contributed by atoms with Crippen LogP contribution < -0.4 is 5.32 Å². The second-order valence-electron chi connectivity index (χ2n) is 7.49. The first-order valence-electron chi connectivity index (χ1n) is 8.85. The molecule has 2 N–H and O–H groups in total. The van der Waals surface area contributed by atoms with Gasteiger partial charge in [-0.3, -0.25) is 4.79 Å². The van der Waals surface area contributed by atoms with E-state index in [4.69, 9.17) is 4.84 Å². The molecule has 2 unspecified atom stereocenters. The number of carboxylic acids is 1. The SMILES string of the molecule is Cc1ccc(C2=NOC(CNC(=O)N3CCC(C)(C(=O)O)C3)C2)cc1C. The fourth-order valence-electron chi connectivity index (χ4n) is 3.25. The molecule has 1 aromatic rings. The van der Waals surface area contributed by atoms with E-state index >= 15 is 0 Å². The Morgan fingerprint density at radius 1 is 1.38 bits per heavy atom. The number of amides is 2. The molecule has 0 spiro atoms. The Labute approximate surface area is 153 Å².